The minimum atomic E-state index is 0.0415. The van der Waals surface area contributed by atoms with E-state index in [4.69, 9.17) is 0 Å². The molecule has 2 aromatic carbocycles. The van der Waals surface area contributed by atoms with Crippen LogP contribution in [0.2, 0.25) is 0 Å². The molecule has 0 saturated heterocycles. The first-order valence-electron chi connectivity index (χ1n) is 7.51. The number of fused-ring (bicyclic) bond motifs is 1. The quantitative estimate of drug-likeness (QED) is 0.788. The Balaban J connectivity index is 1.92. The van der Waals surface area contributed by atoms with Gasteiger partial charge in [0.25, 0.3) is 0 Å². The average molecular weight is 293 g/mol. The number of hydrogen-bond acceptors (Lipinski definition) is 2. The highest BCUT2D eigenvalue weighted by Gasteiger charge is 2.07. The largest absolute Gasteiger partial charge is 0.326 e. The number of carbonyl (C=O) groups excluding carboxylic acids is 1. The summed E-state index contributed by atoms with van der Waals surface area (Å²) < 4.78 is 2.05. The van der Waals surface area contributed by atoms with Gasteiger partial charge in [-0.15, -0.1) is 0 Å². The van der Waals surface area contributed by atoms with E-state index in [0.717, 1.165) is 28.8 Å². The lowest BCUT2D eigenvalue weighted by Gasteiger charge is -2.06. The van der Waals surface area contributed by atoms with Crippen LogP contribution in [0.3, 0.4) is 0 Å². The number of amides is 1. The highest BCUT2D eigenvalue weighted by atomic mass is 16.1. The maximum Gasteiger partial charge on any atom is 0.224 e. The topological polar surface area (TPSA) is 46.9 Å². The van der Waals surface area contributed by atoms with Crippen molar-refractivity contribution in [2.75, 3.05) is 5.32 Å². The van der Waals surface area contributed by atoms with Crippen molar-refractivity contribution < 1.29 is 4.79 Å². The van der Waals surface area contributed by atoms with Crippen LogP contribution in [0.4, 0.5) is 5.69 Å². The summed E-state index contributed by atoms with van der Waals surface area (Å²) in [5.74, 6) is 0.0415. The van der Waals surface area contributed by atoms with Crippen LogP contribution in [0.25, 0.3) is 16.7 Å². The van der Waals surface area contributed by atoms with Crippen LogP contribution in [0.15, 0.2) is 48.8 Å². The van der Waals surface area contributed by atoms with Gasteiger partial charge in [-0.3, -0.25) is 9.36 Å². The van der Waals surface area contributed by atoms with Gasteiger partial charge in [0.15, 0.2) is 0 Å². The first-order chi connectivity index (χ1) is 10.7. The van der Waals surface area contributed by atoms with E-state index in [1.165, 1.54) is 5.56 Å². The summed E-state index contributed by atoms with van der Waals surface area (Å²) in [4.78, 5) is 16.1. The van der Waals surface area contributed by atoms with Gasteiger partial charge in [0.1, 0.15) is 6.33 Å². The maximum atomic E-state index is 11.7. The Morgan fingerprint density at radius 3 is 2.68 bits per heavy atom. The molecule has 0 radical (unpaired) electrons. The third-order valence-corrected chi connectivity index (χ3v) is 3.62. The number of nitrogens with zero attached hydrogens (tertiary/aromatic N) is 2. The molecule has 4 nitrogen and oxygen atoms in total. The molecule has 0 aliphatic carbocycles. The Bertz CT molecular complexity index is 803. The van der Waals surface area contributed by atoms with E-state index in [1.54, 1.807) is 0 Å². The minimum absolute atomic E-state index is 0.0415. The predicted molar refractivity (Wildman–Crippen MR) is 89.3 cm³/mol. The van der Waals surface area contributed by atoms with E-state index in [2.05, 4.69) is 41.5 Å². The zero-order valence-electron chi connectivity index (χ0n) is 12.8. The summed E-state index contributed by atoms with van der Waals surface area (Å²) in [5, 5.41) is 2.90. The fourth-order valence-electron chi connectivity index (χ4n) is 2.45. The summed E-state index contributed by atoms with van der Waals surface area (Å²) in [5.41, 5.74) is 5.00. The van der Waals surface area contributed by atoms with Gasteiger partial charge in [0.2, 0.25) is 5.91 Å². The molecule has 0 bridgehead atoms. The van der Waals surface area contributed by atoms with Gasteiger partial charge in [-0.1, -0.05) is 24.6 Å². The van der Waals surface area contributed by atoms with Crippen LogP contribution in [0.5, 0.6) is 0 Å². The van der Waals surface area contributed by atoms with E-state index < -0.39 is 0 Å². The minimum Gasteiger partial charge on any atom is -0.326 e. The molecule has 1 heterocycles. The smallest absolute Gasteiger partial charge is 0.224 e. The lowest BCUT2D eigenvalue weighted by molar-refractivity contribution is -0.116. The SMILES string of the molecule is CCCC(=O)Nc1ccc2c(c1)ncn2-c1ccc(C)cc1. The Kier molecular flexibility index (Phi) is 3.92. The molecule has 1 amide bonds. The van der Waals surface area contributed by atoms with Gasteiger partial charge in [0.05, 0.1) is 11.0 Å². The molecule has 3 aromatic rings. The highest BCUT2D eigenvalue weighted by molar-refractivity contribution is 5.93. The van der Waals surface area contributed by atoms with Crippen molar-refractivity contribution in [3.63, 3.8) is 0 Å². The first kappa shape index (κ1) is 14.3. The molecule has 0 fully saturated rings. The van der Waals surface area contributed by atoms with Crippen molar-refractivity contribution in [1.29, 1.82) is 0 Å². The van der Waals surface area contributed by atoms with Crippen molar-refractivity contribution in [1.82, 2.24) is 9.55 Å². The number of aromatic nitrogens is 2. The molecule has 4 heteroatoms. The van der Waals surface area contributed by atoms with Crippen molar-refractivity contribution >= 4 is 22.6 Å². The Morgan fingerprint density at radius 1 is 1.18 bits per heavy atom. The van der Waals surface area contributed by atoms with Crippen LogP contribution in [0, 0.1) is 6.92 Å². The number of anilines is 1. The van der Waals surface area contributed by atoms with E-state index in [1.807, 2.05) is 36.0 Å². The van der Waals surface area contributed by atoms with Gasteiger partial charge in [-0.25, -0.2) is 4.98 Å². The lowest BCUT2D eigenvalue weighted by Crippen LogP contribution is -2.10. The zero-order chi connectivity index (χ0) is 15.5. The zero-order valence-corrected chi connectivity index (χ0v) is 12.8. The summed E-state index contributed by atoms with van der Waals surface area (Å²) in [7, 11) is 0. The van der Waals surface area contributed by atoms with Crippen LogP contribution in [0.1, 0.15) is 25.3 Å². The molecule has 112 valence electrons. The van der Waals surface area contributed by atoms with E-state index >= 15 is 0 Å². The summed E-state index contributed by atoms with van der Waals surface area (Å²) >= 11 is 0. The van der Waals surface area contributed by atoms with Gasteiger partial charge < -0.3 is 5.32 Å². The van der Waals surface area contributed by atoms with Crippen molar-refractivity contribution in [3.8, 4) is 5.69 Å². The molecule has 0 saturated carbocycles. The van der Waals surface area contributed by atoms with Gasteiger partial charge >= 0.3 is 0 Å². The second-order valence-electron chi connectivity index (χ2n) is 5.45. The second-order valence-corrected chi connectivity index (χ2v) is 5.45. The molecule has 3 rings (SSSR count). The second kappa shape index (κ2) is 6.02. The molecule has 1 aromatic heterocycles. The van der Waals surface area contributed by atoms with Crippen molar-refractivity contribution in [2.45, 2.75) is 26.7 Å². The Morgan fingerprint density at radius 2 is 1.95 bits per heavy atom. The number of imidazole rings is 1. The van der Waals surface area contributed by atoms with Crippen LogP contribution in [-0.4, -0.2) is 15.5 Å². The molecular weight excluding hydrogens is 274 g/mol. The fourth-order valence-corrected chi connectivity index (χ4v) is 2.45. The van der Waals surface area contributed by atoms with Gasteiger partial charge in [-0.05, 0) is 43.7 Å². The molecule has 1 N–H and O–H groups in total. The molecule has 0 aliphatic heterocycles. The first-order valence-corrected chi connectivity index (χ1v) is 7.51. The monoisotopic (exact) mass is 293 g/mol. The predicted octanol–water partition coefficient (Wildman–Crippen LogP) is 4.07. The normalized spacial score (nSPS) is 10.8. The summed E-state index contributed by atoms with van der Waals surface area (Å²) in [6.07, 6.45) is 3.19. The van der Waals surface area contributed by atoms with Gasteiger partial charge in [0, 0.05) is 17.8 Å². The van der Waals surface area contributed by atoms with Crippen LogP contribution >= 0.6 is 0 Å². The maximum absolute atomic E-state index is 11.7. The van der Waals surface area contributed by atoms with E-state index in [-0.39, 0.29) is 5.91 Å². The van der Waals surface area contributed by atoms with E-state index in [0.29, 0.717) is 6.42 Å². The molecule has 0 spiro atoms. The fraction of sp³-hybridized carbons (Fsp3) is 0.222. The average Bonchev–Trinajstić information content (AvgIpc) is 2.91. The third kappa shape index (κ3) is 2.86. The van der Waals surface area contributed by atoms with Crippen LogP contribution in [-0.2, 0) is 4.79 Å². The number of carbonyl (C=O) groups is 1. The molecular formula is C18H19N3O. The Labute approximate surface area is 129 Å². The number of rotatable bonds is 4. The molecule has 0 unspecified atom stereocenters. The van der Waals surface area contributed by atoms with Crippen molar-refractivity contribution in [2.24, 2.45) is 0 Å². The molecule has 0 aliphatic rings. The molecule has 0 atom stereocenters. The number of benzene rings is 2. The standard InChI is InChI=1S/C18H19N3O/c1-3-4-18(22)20-14-7-10-17-16(11-14)19-12-21(17)15-8-5-13(2)6-9-15/h5-12H,3-4H2,1-2H3,(H,20,22). The summed E-state index contributed by atoms with van der Waals surface area (Å²) in [6, 6.07) is 14.1. The van der Waals surface area contributed by atoms with E-state index in [9.17, 15) is 4.79 Å². The lowest BCUT2D eigenvalue weighted by atomic mass is 10.2. The van der Waals surface area contributed by atoms with Gasteiger partial charge in [-0.2, -0.15) is 0 Å². The number of aryl methyl sites for hydroxylation is 1. The third-order valence-electron chi connectivity index (χ3n) is 3.62. The van der Waals surface area contributed by atoms with Crippen LogP contribution < -0.4 is 5.32 Å². The number of nitrogens with one attached hydrogen (secondary N) is 1. The number of hydrogen-bond donors (Lipinski definition) is 1. The van der Waals surface area contributed by atoms with Crippen molar-refractivity contribution in [3.05, 3.63) is 54.4 Å². The summed E-state index contributed by atoms with van der Waals surface area (Å²) in [6.45, 7) is 4.06. The molecule has 22 heavy (non-hydrogen) atoms. The Hall–Kier alpha value is -2.62. The highest BCUT2D eigenvalue weighted by Crippen LogP contribution is 2.22.